The summed E-state index contributed by atoms with van der Waals surface area (Å²) in [5.74, 6) is 0.000294. The molecule has 21 heavy (non-hydrogen) atoms. The molecule has 0 saturated heterocycles. The molecule has 0 bridgehead atoms. The van der Waals surface area contributed by atoms with Crippen molar-refractivity contribution in [3.05, 3.63) is 54.4 Å². The van der Waals surface area contributed by atoms with Crippen LogP contribution in [0.15, 0.2) is 48.8 Å². The van der Waals surface area contributed by atoms with Gasteiger partial charge in [-0.3, -0.25) is 4.79 Å². The second kappa shape index (κ2) is 4.70. The van der Waals surface area contributed by atoms with Crippen molar-refractivity contribution in [2.45, 2.75) is 18.9 Å². The van der Waals surface area contributed by atoms with Gasteiger partial charge in [-0.15, -0.1) is 0 Å². The van der Waals surface area contributed by atoms with E-state index in [1.165, 1.54) is 0 Å². The number of imidazole rings is 1. The van der Waals surface area contributed by atoms with E-state index in [4.69, 9.17) is 0 Å². The van der Waals surface area contributed by atoms with Crippen molar-refractivity contribution in [3.63, 3.8) is 0 Å². The molecule has 4 rings (SSSR count). The number of carbonyl (C=O) groups is 1. The number of nitrogens with one attached hydrogen (secondary N) is 1. The Morgan fingerprint density at radius 2 is 2.00 bits per heavy atom. The third-order valence-corrected chi connectivity index (χ3v) is 3.63. The summed E-state index contributed by atoms with van der Waals surface area (Å²) < 4.78 is 1.79. The van der Waals surface area contributed by atoms with Crippen LogP contribution in [0.2, 0.25) is 0 Å². The second-order valence-corrected chi connectivity index (χ2v) is 5.26. The molecule has 5 heteroatoms. The molecule has 1 aliphatic rings. The summed E-state index contributed by atoms with van der Waals surface area (Å²) in [5.41, 5.74) is 3.40. The number of hydrogen-bond donors (Lipinski definition) is 1. The molecule has 3 aromatic rings. The zero-order valence-electron chi connectivity index (χ0n) is 11.4. The molecule has 1 fully saturated rings. The number of benzene rings is 1. The molecule has 0 atom stereocenters. The Morgan fingerprint density at radius 1 is 1.19 bits per heavy atom. The normalized spacial score (nSPS) is 14.3. The van der Waals surface area contributed by atoms with E-state index in [-0.39, 0.29) is 5.91 Å². The van der Waals surface area contributed by atoms with Crippen molar-refractivity contribution in [2.75, 3.05) is 0 Å². The Labute approximate surface area is 121 Å². The lowest BCUT2D eigenvalue weighted by molar-refractivity contribution is 0.0951. The predicted octanol–water partition coefficient (Wildman–Crippen LogP) is 2.29. The summed E-state index contributed by atoms with van der Waals surface area (Å²) in [7, 11) is 0. The van der Waals surface area contributed by atoms with Crippen LogP contribution in [0.5, 0.6) is 0 Å². The zero-order chi connectivity index (χ0) is 14.2. The van der Waals surface area contributed by atoms with Crippen LogP contribution >= 0.6 is 0 Å². The molecule has 2 aromatic heterocycles. The van der Waals surface area contributed by atoms with E-state index < -0.39 is 0 Å². The van der Waals surface area contributed by atoms with Gasteiger partial charge in [0, 0.05) is 23.4 Å². The van der Waals surface area contributed by atoms with Crippen LogP contribution in [0.1, 0.15) is 23.2 Å². The molecule has 1 aromatic carbocycles. The minimum atomic E-state index is 0.000294. The summed E-state index contributed by atoms with van der Waals surface area (Å²) in [5, 5.41) is 7.28. The predicted molar refractivity (Wildman–Crippen MR) is 78.9 cm³/mol. The minimum absolute atomic E-state index is 0.000294. The SMILES string of the molecule is O=C(NC1CC1)c1ccc(-c2cnc3cccnn23)cc1. The van der Waals surface area contributed by atoms with Crippen LogP contribution in [0.3, 0.4) is 0 Å². The van der Waals surface area contributed by atoms with E-state index in [1.807, 2.05) is 36.4 Å². The lowest BCUT2D eigenvalue weighted by atomic mass is 10.1. The van der Waals surface area contributed by atoms with Gasteiger partial charge in [0.15, 0.2) is 5.65 Å². The maximum atomic E-state index is 12.0. The molecule has 0 radical (unpaired) electrons. The van der Waals surface area contributed by atoms with Crippen molar-refractivity contribution in [1.82, 2.24) is 19.9 Å². The van der Waals surface area contributed by atoms with Crippen LogP contribution in [-0.2, 0) is 0 Å². The van der Waals surface area contributed by atoms with E-state index in [0.717, 1.165) is 29.7 Å². The molecule has 0 unspecified atom stereocenters. The number of amides is 1. The van der Waals surface area contributed by atoms with Gasteiger partial charge in [0.1, 0.15) is 0 Å². The van der Waals surface area contributed by atoms with Crippen molar-refractivity contribution in [3.8, 4) is 11.3 Å². The molecule has 5 nitrogen and oxygen atoms in total. The van der Waals surface area contributed by atoms with Crippen molar-refractivity contribution in [2.24, 2.45) is 0 Å². The second-order valence-electron chi connectivity index (χ2n) is 5.26. The van der Waals surface area contributed by atoms with Gasteiger partial charge in [-0.1, -0.05) is 12.1 Å². The summed E-state index contributed by atoms with van der Waals surface area (Å²) in [6.07, 6.45) is 5.71. The molecule has 2 heterocycles. The monoisotopic (exact) mass is 278 g/mol. The number of nitrogens with zero attached hydrogens (tertiary/aromatic N) is 3. The number of aromatic nitrogens is 3. The first-order chi connectivity index (χ1) is 10.3. The van der Waals surface area contributed by atoms with Crippen molar-refractivity contribution >= 4 is 11.6 Å². The van der Waals surface area contributed by atoms with E-state index in [9.17, 15) is 4.79 Å². The van der Waals surface area contributed by atoms with Gasteiger partial charge in [-0.2, -0.15) is 5.10 Å². The largest absolute Gasteiger partial charge is 0.349 e. The Bertz CT molecular complexity index is 803. The Kier molecular flexibility index (Phi) is 2.70. The van der Waals surface area contributed by atoms with E-state index in [1.54, 1.807) is 16.9 Å². The highest BCUT2D eigenvalue weighted by Gasteiger charge is 2.23. The smallest absolute Gasteiger partial charge is 0.251 e. The third kappa shape index (κ3) is 2.27. The first-order valence-electron chi connectivity index (χ1n) is 7.01. The molecular formula is C16H14N4O. The average molecular weight is 278 g/mol. The van der Waals surface area contributed by atoms with Crippen LogP contribution in [0.25, 0.3) is 16.9 Å². The maximum absolute atomic E-state index is 12.0. The molecule has 1 amide bonds. The quantitative estimate of drug-likeness (QED) is 0.799. The van der Waals surface area contributed by atoms with Gasteiger partial charge in [-0.25, -0.2) is 9.50 Å². The highest BCUT2D eigenvalue weighted by molar-refractivity contribution is 5.95. The average Bonchev–Trinajstić information content (AvgIpc) is 3.23. The zero-order valence-corrected chi connectivity index (χ0v) is 11.4. The summed E-state index contributed by atoms with van der Waals surface area (Å²) in [6.45, 7) is 0. The summed E-state index contributed by atoms with van der Waals surface area (Å²) in [4.78, 5) is 16.3. The van der Waals surface area contributed by atoms with Gasteiger partial charge in [0.25, 0.3) is 5.91 Å². The van der Waals surface area contributed by atoms with E-state index in [0.29, 0.717) is 11.6 Å². The number of hydrogen-bond acceptors (Lipinski definition) is 3. The van der Waals surface area contributed by atoms with Crippen molar-refractivity contribution < 1.29 is 4.79 Å². The van der Waals surface area contributed by atoms with Crippen LogP contribution in [0, 0.1) is 0 Å². The number of fused-ring (bicyclic) bond motifs is 1. The highest BCUT2D eigenvalue weighted by Crippen LogP contribution is 2.22. The fraction of sp³-hybridized carbons (Fsp3) is 0.188. The molecular weight excluding hydrogens is 264 g/mol. The lowest BCUT2D eigenvalue weighted by Crippen LogP contribution is -2.25. The summed E-state index contributed by atoms with van der Waals surface area (Å²) in [6, 6.07) is 11.7. The fourth-order valence-electron chi connectivity index (χ4n) is 2.31. The molecule has 1 aliphatic carbocycles. The van der Waals surface area contributed by atoms with Crippen molar-refractivity contribution in [1.29, 1.82) is 0 Å². The van der Waals surface area contributed by atoms with E-state index in [2.05, 4.69) is 15.4 Å². The van der Waals surface area contributed by atoms with Gasteiger partial charge in [0.05, 0.1) is 11.9 Å². The Hall–Kier alpha value is -2.69. The standard InChI is InChI=1S/C16H14N4O/c21-16(19-13-7-8-13)12-5-3-11(4-6-12)14-10-17-15-2-1-9-18-20(14)15/h1-6,9-10,13H,7-8H2,(H,19,21). The number of carbonyl (C=O) groups excluding carboxylic acids is 1. The Balaban J connectivity index is 1.65. The van der Waals surface area contributed by atoms with Crippen LogP contribution in [0.4, 0.5) is 0 Å². The molecule has 0 spiro atoms. The molecule has 1 N–H and O–H groups in total. The maximum Gasteiger partial charge on any atom is 0.251 e. The van der Waals surface area contributed by atoms with Gasteiger partial charge in [-0.05, 0) is 37.1 Å². The van der Waals surface area contributed by atoms with Gasteiger partial charge >= 0.3 is 0 Å². The highest BCUT2D eigenvalue weighted by atomic mass is 16.1. The molecule has 1 saturated carbocycles. The minimum Gasteiger partial charge on any atom is -0.349 e. The summed E-state index contributed by atoms with van der Waals surface area (Å²) >= 11 is 0. The van der Waals surface area contributed by atoms with Gasteiger partial charge < -0.3 is 5.32 Å². The first kappa shape index (κ1) is 12.1. The van der Waals surface area contributed by atoms with Gasteiger partial charge in [0.2, 0.25) is 0 Å². The number of rotatable bonds is 3. The Morgan fingerprint density at radius 3 is 2.76 bits per heavy atom. The topological polar surface area (TPSA) is 59.3 Å². The third-order valence-electron chi connectivity index (χ3n) is 3.63. The first-order valence-corrected chi connectivity index (χ1v) is 7.01. The fourth-order valence-corrected chi connectivity index (χ4v) is 2.31. The molecule has 104 valence electrons. The molecule has 0 aliphatic heterocycles. The van der Waals surface area contributed by atoms with E-state index >= 15 is 0 Å². The van der Waals surface area contributed by atoms with Crippen LogP contribution < -0.4 is 5.32 Å². The van der Waals surface area contributed by atoms with Crippen LogP contribution in [-0.4, -0.2) is 26.5 Å². The lowest BCUT2D eigenvalue weighted by Gasteiger charge is -2.05.